The summed E-state index contributed by atoms with van der Waals surface area (Å²) in [7, 11) is 0. The summed E-state index contributed by atoms with van der Waals surface area (Å²) >= 11 is 0. The molecule has 0 aliphatic heterocycles. The van der Waals surface area contributed by atoms with Gasteiger partial charge in [0.1, 0.15) is 5.75 Å². The summed E-state index contributed by atoms with van der Waals surface area (Å²) in [5.41, 5.74) is 9.22. The van der Waals surface area contributed by atoms with Crippen molar-refractivity contribution >= 4 is 5.69 Å². The number of hydrogen-bond acceptors (Lipinski definition) is 4. The van der Waals surface area contributed by atoms with Crippen molar-refractivity contribution in [2.45, 2.75) is 26.3 Å². The van der Waals surface area contributed by atoms with Crippen LogP contribution in [0.2, 0.25) is 0 Å². The Morgan fingerprint density at radius 2 is 1.83 bits per heavy atom. The SMILES string of the molecule is CCOc1ccc(CCCN(CCO)Cc2ccccc2)cc1N. The average Bonchev–Trinajstić information content (AvgIpc) is 2.58. The summed E-state index contributed by atoms with van der Waals surface area (Å²) in [6, 6.07) is 16.4. The van der Waals surface area contributed by atoms with E-state index in [1.165, 1.54) is 11.1 Å². The molecule has 2 rings (SSSR count). The second-order valence-electron chi connectivity index (χ2n) is 5.89. The van der Waals surface area contributed by atoms with Crippen molar-refractivity contribution in [1.29, 1.82) is 0 Å². The first-order valence-electron chi connectivity index (χ1n) is 8.61. The van der Waals surface area contributed by atoms with Gasteiger partial charge in [0, 0.05) is 13.1 Å². The Morgan fingerprint density at radius 3 is 2.50 bits per heavy atom. The van der Waals surface area contributed by atoms with E-state index in [1.54, 1.807) is 0 Å². The van der Waals surface area contributed by atoms with Crippen LogP contribution in [0.3, 0.4) is 0 Å². The lowest BCUT2D eigenvalue weighted by Gasteiger charge is -2.21. The second kappa shape index (κ2) is 9.96. The lowest BCUT2D eigenvalue weighted by Crippen LogP contribution is -2.27. The monoisotopic (exact) mass is 328 g/mol. The van der Waals surface area contributed by atoms with Crippen LogP contribution in [0, 0.1) is 0 Å². The summed E-state index contributed by atoms with van der Waals surface area (Å²) in [6.07, 6.45) is 1.99. The molecule has 0 spiro atoms. The molecule has 24 heavy (non-hydrogen) atoms. The maximum Gasteiger partial charge on any atom is 0.142 e. The fourth-order valence-electron chi connectivity index (χ4n) is 2.80. The Balaban J connectivity index is 1.85. The largest absolute Gasteiger partial charge is 0.492 e. The van der Waals surface area contributed by atoms with Crippen LogP contribution in [-0.2, 0) is 13.0 Å². The molecule has 0 aromatic heterocycles. The van der Waals surface area contributed by atoms with E-state index in [0.717, 1.165) is 31.7 Å². The molecule has 2 aromatic carbocycles. The molecule has 0 fully saturated rings. The highest BCUT2D eigenvalue weighted by Gasteiger charge is 2.06. The zero-order valence-electron chi connectivity index (χ0n) is 14.4. The smallest absolute Gasteiger partial charge is 0.142 e. The fraction of sp³-hybridized carbons (Fsp3) is 0.400. The van der Waals surface area contributed by atoms with Gasteiger partial charge in [0.2, 0.25) is 0 Å². The van der Waals surface area contributed by atoms with Crippen LogP contribution in [0.1, 0.15) is 24.5 Å². The first kappa shape index (κ1) is 18.3. The van der Waals surface area contributed by atoms with Crippen molar-refractivity contribution in [3.8, 4) is 5.75 Å². The third kappa shape index (κ3) is 5.87. The van der Waals surface area contributed by atoms with Gasteiger partial charge in [-0.1, -0.05) is 36.4 Å². The molecule has 2 aromatic rings. The van der Waals surface area contributed by atoms with Crippen LogP contribution < -0.4 is 10.5 Å². The number of nitrogen functional groups attached to an aromatic ring is 1. The van der Waals surface area contributed by atoms with Gasteiger partial charge in [-0.25, -0.2) is 0 Å². The lowest BCUT2D eigenvalue weighted by atomic mass is 10.1. The maximum absolute atomic E-state index is 9.28. The highest BCUT2D eigenvalue weighted by Crippen LogP contribution is 2.23. The highest BCUT2D eigenvalue weighted by atomic mass is 16.5. The van der Waals surface area contributed by atoms with Crippen molar-refractivity contribution in [3.05, 3.63) is 59.7 Å². The number of anilines is 1. The molecule has 4 heteroatoms. The zero-order valence-corrected chi connectivity index (χ0v) is 14.4. The highest BCUT2D eigenvalue weighted by molar-refractivity contribution is 5.54. The molecule has 3 N–H and O–H groups in total. The maximum atomic E-state index is 9.28. The van der Waals surface area contributed by atoms with Crippen LogP contribution in [0.15, 0.2) is 48.5 Å². The molecule has 0 saturated carbocycles. The lowest BCUT2D eigenvalue weighted by molar-refractivity contribution is 0.189. The number of benzene rings is 2. The topological polar surface area (TPSA) is 58.7 Å². The normalized spacial score (nSPS) is 11.0. The molecule has 0 atom stereocenters. The molecule has 4 nitrogen and oxygen atoms in total. The van der Waals surface area contributed by atoms with Gasteiger partial charge in [0.25, 0.3) is 0 Å². The van der Waals surface area contributed by atoms with Crippen molar-refractivity contribution in [2.75, 3.05) is 32.0 Å². The van der Waals surface area contributed by atoms with Crippen molar-refractivity contribution in [3.63, 3.8) is 0 Å². The van der Waals surface area contributed by atoms with E-state index in [4.69, 9.17) is 10.5 Å². The number of aryl methyl sites for hydroxylation is 1. The molecular formula is C20H28N2O2. The van der Waals surface area contributed by atoms with Gasteiger partial charge >= 0.3 is 0 Å². The Bertz CT molecular complexity index is 602. The molecule has 0 amide bonds. The summed E-state index contributed by atoms with van der Waals surface area (Å²) in [6.45, 7) is 5.27. The number of nitrogens with two attached hydrogens (primary N) is 1. The Kier molecular flexibility index (Phi) is 7.59. The predicted molar refractivity (Wildman–Crippen MR) is 99.1 cm³/mol. The molecule has 130 valence electrons. The number of rotatable bonds is 10. The van der Waals surface area contributed by atoms with Crippen LogP contribution in [0.4, 0.5) is 5.69 Å². The van der Waals surface area contributed by atoms with Crippen LogP contribution >= 0.6 is 0 Å². The van der Waals surface area contributed by atoms with E-state index in [1.807, 2.05) is 25.1 Å². The summed E-state index contributed by atoms with van der Waals surface area (Å²) < 4.78 is 5.47. The Hall–Kier alpha value is -2.04. The van der Waals surface area contributed by atoms with Gasteiger partial charge in [0.15, 0.2) is 0 Å². The predicted octanol–water partition coefficient (Wildman–Crippen LogP) is 3.09. The minimum Gasteiger partial charge on any atom is -0.492 e. The van der Waals surface area contributed by atoms with E-state index in [0.29, 0.717) is 18.8 Å². The second-order valence-corrected chi connectivity index (χ2v) is 5.89. The number of hydrogen-bond donors (Lipinski definition) is 2. The third-order valence-electron chi connectivity index (χ3n) is 3.98. The third-order valence-corrected chi connectivity index (χ3v) is 3.98. The zero-order chi connectivity index (χ0) is 17.2. The van der Waals surface area contributed by atoms with E-state index in [-0.39, 0.29) is 6.61 Å². The minimum absolute atomic E-state index is 0.183. The van der Waals surface area contributed by atoms with Crippen molar-refractivity contribution < 1.29 is 9.84 Å². The minimum atomic E-state index is 0.183. The van der Waals surface area contributed by atoms with E-state index in [9.17, 15) is 5.11 Å². The fourth-order valence-corrected chi connectivity index (χ4v) is 2.80. The van der Waals surface area contributed by atoms with Gasteiger partial charge in [-0.15, -0.1) is 0 Å². The van der Waals surface area contributed by atoms with E-state index >= 15 is 0 Å². The van der Waals surface area contributed by atoms with Crippen LogP contribution in [0.25, 0.3) is 0 Å². The van der Waals surface area contributed by atoms with E-state index < -0.39 is 0 Å². The molecular weight excluding hydrogens is 300 g/mol. The van der Waals surface area contributed by atoms with Crippen molar-refractivity contribution in [2.24, 2.45) is 0 Å². The molecule has 0 bridgehead atoms. The summed E-state index contributed by atoms with van der Waals surface area (Å²) in [5, 5.41) is 9.28. The first-order valence-corrected chi connectivity index (χ1v) is 8.61. The molecule has 0 unspecified atom stereocenters. The number of aliphatic hydroxyl groups excluding tert-OH is 1. The van der Waals surface area contributed by atoms with Crippen LogP contribution in [-0.4, -0.2) is 36.3 Å². The number of aliphatic hydroxyl groups is 1. The summed E-state index contributed by atoms with van der Waals surface area (Å²) in [5.74, 6) is 0.757. The summed E-state index contributed by atoms with van der Waals surface area (Å²) in [4.78, 5) is 2.28. The van der Waals surface area contributed by atoms with Gasteiger partial charge < -0.3 is 15.6 Å². The standard InChI is InChI=1S/C20H28N2O2/c1-2-24-20-11-10-17(15-19(20)21)9-6-12-22(13-14-23)16-18-7-4-3-5-8-18/h3-5,7-8,10-11,15,23H,2,6,9,12-14,16,21H2,1H3. The van der Waals surface area contributed by atoms with Gasteiger partial charge in [-0.05, 0) is 49.6 Å². The molecule has 0 aliphatic carbocycles. The Morgan fingerprint density at radius 1 is 1.04 bits per heavy atom. The van der Waals surface area contributed by atoms with Gasteiger partial charge in [-0.2, -0.15) is 0 Å². The van der Waals surface area contributed by atoms with Crippen LogP contribution in [0.5, 0.6) is 5.75 Å². The Labute approximate surface area is 144 Å². The average molecular weight is 328 g/mol. The quantitative estimate of drug-likeness (QED) is 0.658. The molecule has 0 saturated heterocycles. The molecule has 0 aliphatic rings. The number of ether oxygens (including phenoxy) is 1. The van der Waals surface area contributed by atoms with Crippen molar-refractivity contribution in [1.82, 2.24) is 4.90 Å². The molecule has 0 radical (unpaired) electrons. The molecule has 0 heterocycles. The van der Waals surface area contributed by atoms with Gasteiger partial charge in [-0.3, -0.25) is 4.90 Å². The number of nitrogens with zero attached hydrogens (tertiary/aromatic N) is 1. The van der Waals surface area contributed by atoms with E-state index in [2.05, 4.69) is 35.2 Å². The first-order chi connectivity index (χ1) is 11.7. The van der Waals surface area contributed by atoms with Gasteiger partial charge in [0.05, 0.1) is 18.9 Å².